The molecule has 110 valence electrons. The molecule has 0 aromatic carbocycles. The molecule has 19 heavy (non-hydrogen) atoms. The molecule has 0 radical (unpaired) electrons. The highest BCUT2D eigenvalue weighted by Gasteiger charge is 2.44. The third kappa shape index (κ3) is 3.60. The lowest BCUT2D eigenvalue weighted by Gasteiger charge is -2.26. The molecule has 2 atom stereocenters. The number of alkyl halides is 3. The monoisotopic (exact) mass is 278 g/mol. The molecule has 2 rings (SSSR count). The topological polar surface area (TPSA) is 56.4 Å². The molecule has 2 fully saturated rings. The van der Waals surface area contributed by atoms with Crippen LogP contribution in [0.1, 0.15) is 19.3 Å². The summed E-state index contributed by atoms with van der Waals surface area (Å²) in [6, 6.07) is 0.378. The Morgan fingerprint density at radius 3 is 2.42 bits per heavy atom. The van der Waals surface area contributed by atoms with Crippen LogP contribution in [0.5, 0.6) is 0 Å². The molecule has 0 aliphatic carbocycles. The van der Waals surface area contributed by atoms with Gasteiger partial charge in [0, 0.05) is 19.1 Å². The van der Waals surface area contributed by atoms with Crippen molar-refractivity contribution in [1.29, 1.82) is 5.41 Å². The fourth-order valence-corrected chi connectivity index (χ4v) is 3.02. The summed E-state index contributed by atoms with van der Waals surface area (Å²) in [6.45, 7) is 3.28. The summed E-state index contributed by atoms with van der Waals surface area (Å²) in [4.78, 5) is 4.17. The predicted molar refractivity (Wildman–Crippen MR) is 67.1 cm³/mol. The lowest BCUT2D eigenvalue weighted by atomic mass is 10.1. The molecule has 3 N–H and O–H groups in total. The third-order valence-electron chi connectivity index (χ3n) is 4.12. The first-order chi connectivity index (χ1) is 8.88. The van der Waals surface area contributed by atoms with E-state index in [1.54, 1.807) is 4.90 Å². The van der Waals surface area contributed by atoms with E-state index in [2.05, 4.69) is 4.90 Å². The average molecular weight is 278 g/mol. The van der Waals surface area contributed by atoms with Crippen molar-refractivity contribution < 1.29 is 13.2 Å². The highest BCUT2D eigenvalue weighted by atomic mass is 19.4. The van der Waals surface area contributed by atoms with Crippen LogP contribution in [0.2, 0.25) is 0 Å². The molecule has 2 aliphatic rings. The van der Waals surface area contributed by atoms with Crippen LogP contribution in [0.3, 0.4) is 0 Å². The van der Waals surface area contributed by atoms with Crippen molar-refractivity contribution in [2.75, 3.05) is 32.7 Å². The van der Waals surface area contributed by atoms with Crippen LogP contribution in [-0.4, -0.2) is 60.6 Å². The Labute approximate surface area is 111 Å². The van der Waals surface area contributed by atoms with Crippen LogP contribution in [0, 0.1) is 11.3 Å². The Hall–Kier alpha value is -0.820. The number of rotatable bonds is 4. The van der Waals surface area contributed by atoms with E-state index >= 15 is 0 Å². The molecule has 2 aliphatic heterocycles. The smallest absolute Gasteiger partial charge is 0.387 e. The minimum Gasteiger partial charge on any atom is -0.387 e. The van der Waals surface area contributed by atoms with E-state index in [4.69, 9.17) is 11.1 Å². The third-order valence-corrected chi connectivity index (χ3v) is 4.12. The first-order valence-electron chi connectivity index (χ1n) is 6.75. The maximum atomic E-state index is 12.8. The molecule has 0 spiro atoms. The standard InChI is InChI=1S/C12H21F3N4/c13-12(14,15)10(11(16)17)8-18-6-3-9(7-18)19-4-1-2-5-19/h9-10H,1-8H2,(H3,16,17). The second-order valence-corrected chi connectivity index (χ2v) is 5.49. The van der Waals surface area contributed by atoms with Gasteiger partial charge in [-0.05, 0) is 38.9 Å². The van der Waals surface area contributed by atoms with Crippen LogP contribution in [0.4, 0.5) is 13.2 Å². The van der Waals surface area contributed by atoms with Crippen molar-refractivity contribution >= 4 is 5.84 Å². The molecule has 0 amide bonds. The maximum absolute atomic E-state index is 12.8. The summed E-state index contributed by atoms with van der Waals surface area (Å²) in [5.41, 5.74) is 5.08. The zero-order valence-corrected chi connectivity index (χ0v) is 10.9. The Bertz CT molecular complexity index is 325. The predicted octanol–water partition coefficient (Wildman–Crippen LogP) is 1.27. The Morgan fingerprint density at radius 1 is 1.26 bits per heavy atom. The van der Waals surface area contributed by atoms with E-state index in [9.17, 15) is 13.2 Å². The second-order valence-electron chi connectivity index (χ2n) is 5.49. The Morgan fingerprint density at radius 2 is 1.89 bits per heavy atom. The summed E-state index contributed by atoms with van der Waals surface area (Å²) < 4.78 is 38.3. The average Bonchev–Trinajstić information content (AvgIpc) is 2.94. The van der Waals surface area contributed by atoms with Gasteiger partial charge in [-0.2, -0.15) is 13.2 Å². The van der Waals surface area contributed by atoms with E-state index in [1.165, 1.54) is 12.8 Å². The maximum Gasteiger partial charge on any atom is 0.399 e. The fraction of sp³-hybridized carbons (Fsp3) is 0.917. The lowest BCUT2D eigenvalue weighted by Crippen LogP contribution is -2.44. The minimum absolute atomic E-state index is 0.177. The van der Waals surface area contributed by atoms with Gasteiger partial charge >= 0.3 is 6.18 Å². The summed E-state index contributed by atoms with van der Waals surface area (Å²) in [6.07, 6.45) is -1.12. The number of nitrogens with one attached hydrogen (secondary N) is 1. The summed E-state index contributed by atoms with van der Waals surface area (Å²) in [5, 5.41) is 7.11. The molecule has 2 heterocycles. The van der Waals surface area contributed by atoms with E-state index in [1.807, 2.05) is 0 Å². The van der Waals surface area contributed by atoms with Crippen molar-refractivity contribution in [2.45, 2.75) is 31.5 Å². The van der Waals surface area contributed by atoms with Crippen LogP contribution in [0.25, 0.3) is 0 Å². The fourth-order valence-electron chi connectivity index (χ4n) is 3.02. The Balaban J connectivity index is 1.88. The molecule has 2 unspecified atom stereocenters. The number of hydrogen-bond donors (Lipinski definition) is 2. The van der Waals surface area contributed by atoms with Crippen LogP contribution in [-0.2, 0) is 0 Å². The summed E-state index contributed by atoms with van der Waals surface area (Å²) >= 11 is 0. The quantitative estimate of drug-likeness (QED) is 0.601. The van der Waals surface area contributed by atoms with E-state index in [-0.39, 0.29) is 6.54 Å². The SMILES string of the molecule is N=C(N)C(CN1CCC(N2CCCC2)C1)C(F)(F)F. The molecule has 0 bridgehead atoms. The van der Waals surface area contributed by atoms with Crippen LogP contribution in [0.15, 0.2) is 0 Å². The van der Waals surface area contributed by atoms with Gasteiger partial charge in [-0.1, -0.05) is 0 Å². The van der Waals surface area contributed by atoms with Gasteiger partial charge in [-0.3, -0.25) is 10.3 Å². The van der Waals surface area contributed by atoms with Crippen molar-refractivity contribution in [3.63, 3.8) is 0 Å². The van der Waals surface area contributed by atoms with Crippen molar-refractivity contribution in [1.82, 2.24) is 9.80 Å². The summed E-state index contributed by atoms with van der Waals surface area (Å²) in [7, 11) is 0. The minimum atomic E-state index is -4.42. The van der Waals surface area contributed by atoms with Gasteiger partial charge in [0.2, 0.25) is 0 Å². The number of hydrogen-bond acceptors (Lipinski definition) is 3. The summed E-state index contributed by atoms with van der Waals surface area (Å²) in [5.74, 6) is -2.61. The van der Waals surface area contributed by atoms with Gasteiger partial charge in [0.05, 0.1) is 0 Å². The molecular weight excluding hydrogens is 257 g/mol. The zero-order chi connectivity index (χ0) is 14.0. The highest BCUT2D eigenvalue weighted by molar-refractivity contribution is 5.80. The lowest BCUT2D eigenvalue weighted by molar-refractivity contribution is -0.159. The zero-order valence-electron chi connectivity index (χ0n) is 10.9. The number of amidine groups is 1. The molecule has 0 saturated carbocycles. The van der Waals surface area contributed by atoms with Crippen LogP contribution >= 0.6 is 0 Å². The van der Waals surface area contributed by atoms with Gasteiger partial charge in [-0.25, -0.2) is 0 Å². The van der Waals surface area contributed by atoms with Gasteiger partial charge in [-0.15, -0.1) is 0 Å². The largest absolute Gasteiger partial charge is 0.399 e. The molecule has 7 heteroatoms. The molecule has 0 aromatic rings. The van der Waals surface area contributed by atoms with Gasteiger partial charge in [0.15, 0.2) is 0 Å². The van der Waals surface area contributed by atoms with E-state index in [0.717, 1.165) is 19.5 Å². The first kappa shape index (κ1) is 14.6. The molecule has 0 aromatic heterocycles. The van der Waals surface area contributed by atoms with Gasteiger partial charge in [0.1, 0.15) is 11.8 Å². The Kier molecular flexibility index (Phi) is 4.35. The molecule has 4 nitrogen and oxygen atoms in total. The van der Waals surface area contributed by atoms with Crippen molar-refractivity contribution in [3.05, 3.63) is 0 Å². The number of halogens is 3. The van der Waals surface area contributed by atoms with E-state index < -0.39 is 17.9 Å². The number of nitrogens with two attached hydrogens (primary N) is 1. The van der Waals surface area contributed by atoms with Gasteiger partial charge in [0.25, 0.3) is 0 Å². The second kappa shape index (κ2) is 5.66. The molecular formula is C12H21F3N4. The van der Waals surface area contributed by atoms with Gasteiger partial charge < -0.3 is 10.6 Å². The van der Waals surface area contributed by atoms with Crippen molar-refractivity contribution in [2.24, 2.45) is 11.7 Å². The van der Waals surface area contributed by atoms with Crippen LogP contribution < -0.4 is 5.73 Å². The number of likely N-dealkylation sites (tertiary alicyclic amines) is 2. The normalized spacial score (nSPS) is 27.8. The molecule has 2 saturated heterocycles. The van der Waals surface area contributed by atoms with Crippen molar-refractivity contribution in [3.8, 4) is 0 Å². The first-order valence-corrected chi connectivity index (χ1v) is 6.75. The van der Waals surface area contributed by atoms with E-state index in [0.29, 0.717) is 19.1 Å². The number of nitrogens with zero attached hydrogens (tertiary/aromatic N) is 2. The highest BCUT2D eigenvalue weighted by Crippen LogP contribution is 2.29.